The summed E-state index contributed by atoms with van der Waals surface area (Å²) >= 11 is 0. The van der Waals surface area contributed by atoms with Crippen LogP contribution in [0.1, 0.15) is 205 Å². The van der Waals surface area contributed by atoms with E-state index in [4.69, 9.17) is 23.1 Å². The van der Waals surface area contributed by atoms with Crippen LogP contribution < -0.4 is 0 Å². The molecule has 0 bridgehead atoms. The Kier molecular flexibility index (Phi) is 30.3. The second-order valence-electron chi connectivity index (χ2n) is 21.4. The van der Waals surface area contributed by atoms with E-state index in [0.717, 1.165) is 68.6 Å². The van der Waals surface area contributed by atoms with E-state index in [1.54, 1.807) is 0 Å². The molecule has 3 aliphatic carbocycles. The molecule has 0 heterocycles. The summed E-state index contributed by atoms with van der Waals surface area (Å²) in [6.45, 7) is 19.4. The van der Waals surface area contributed by atoms with Gasteiger partial charge in [-0.2, -0.15) is 0 Å². The second kappa shape index (κ2) is 34.1. The molecule has 7 nitrogen and oxygen atoms in total. The van der Waals surface area contributed by atoms with Gasteiger partial charge in [-0.15, -0.1) is 0 Å². The Hall–Kier alpha value is -1.27. The molecule has 3 rings (SSSR count). The summed E-state index contributed by atoms with van der Waals surface area (Å²) in [4.78, 5) is 22.3. The standard InChI is InChI=1S/C54H100O7Si2/c1-7-53(55)59-43-25-21-17-12-9-11-15-19-23-41-57-51-37-33-49(34-38-51)47-29-31-48(32-30-47)50-35-39-52(40-36-50)58-42-24-20-16-13-10-14-18-22-27-45-62(3,4)61-63(5,6)46-28-26-44-60-54(56)8-2/h7-8,47-52H,1-2,9-46H2,3-6H3. The number of rotatable bonds is 37. The summed E-state index contributed by atoms with van der Waals surface area (Å²) in [5.41, 5.74) is 0. The van der Waals surface area contributed by atoms with Crippen LogP contribution >= 0.6 is 0 Å². The van der Waals surface area contributed by atoms with Gasteiger partial charge in [-0.1, -0.05) is 116 Å². The van der Waals surface area contributed by atoms with Gasteiger partial charge in [-0.3, -0.25) is 0 Å². The van der Waals surface area contributed by atoms with Gasteiger partial charge in [-0.05, 0) is 165 Å². The molecule has 3 saturated carbocycles. The minimum absolute atomic E-state index is 0.307. The van der Waals surface area contributed by atoms with E-state index < -0.39 is 16.6 Å². The van der Waals surface area contributed by atoms with Crippen molar-refractivity contribution in [3.8, 4) is 0 Å². The van der Waals surface area contributed by atoms with E-state index in [0.29, 0.717) is 25.4 Å². The Balaban J connectivity index is 1.06. The van der Waals surface area contributed by atoms with E-state index in [-0.39, 0.29) is 11.9 Å². The van der Waals surface area contributed by atoms with Crippen molar-refractivity contribution in [1.82, 2.24) is 0 Å². The van der Waals surface area contributed by atoms with Crippen molar-refractivity contribution in [2.45, 2.75) is 256 Å². The zero-order chi connectivity index (χ0) is 45.4. The Labute approximate surface area is 391 Å². The Morgan fingerprint density at radius 2 is 0.651 bits per heavy atom. The van der Waals surface area contributed by atoms with Crippen molar-refractivity contribution in [2.24, 2.45) is 23.7 Å². The number of esters is 2. The van der Waals surface area contributed by atoms with Crippen LogP contribution in [0.2, 0.25) is 38.3 Å². The lowest BCUT2D eigenvalue weighted by Gasteiger charge is -2.41. The highest BCUT2D eigenvalue weighted by Gasteiger charge is 2.35. The maximum absolute atomic E-state index is 11.2. The molecular weight excluding hydrogens is 817 g/mol. The summed E-state index contributed by atoms with van der Waals surface area (Å²) in [6.07, 6.45) is 45.5. The lowest BCUT2D eigenvalue weighted by atomic mass is 9.66. The number of carbonyl (C=O) groups is 2. The number of hydrogen-bond donors (Lipinski definition) is 0. The van der Waals surface area contributed by atoms with Gasteiger partial charge in [0.2, 0.25) is 0 Å². The third-order valence-electron chi connectivity index (χ3n) is 15.1. The Bertz CT molecular complexity index is 1180. The number of unbranched alkanes of at least 4 members (excludes halogenated alkanes) is 17. The summed E-state index contributed by atoms with van der Waals surface area (Å²) in [5, 5.41) is 0. The fourth-order valence-electron chi connectivity index (χ4n) is 11.3. The molecule has 3 fully saturated rings. The van der Waals surface area contributed by atoms with E-state index in [1.165, 1.54) is 198 Å². The van der Waals surface area contributed by atoms with Crippen molar-refractivity contribution < 1.29 is 32.7 Å². The first-order valence-electron chi connectivity index (χ1n) is 27.0. The highest BCUT2D eigenvalue weighted by atomic mass is 28.4. The maximum Gasteiger partial charge on any atom is 0.330 e. The molecule has 0 N–H and O–H groups in total. The van der Waals surface area contributed by atoms with Crippen LogP contribution in [0.5, 0.6) is 0 Å². The fraction of sp³-hybridized carbons (Fsp3) is 0.889. The summed E-state index contributed by atoms with van der Waals surface area (Å²) in [7, 11) is -3.31. The number of hydrogen-bond acceptors (Lipinski definition) is 7. The monoisotopic (exact) mass is 917 g/mol. The maximum atomic E-state index is 11.2. The van der Waals surface area contributed by atoms with Crippen LogP contribution in [0.4, 0.5) is 0 Å². The van der Waals surface area contributed by atoms with Gasteiger partial charge in [-0.25, -0.2) is 9.59 Å². The molecule has 366 valence electrons. The van der Waals surface area contributed by atoms with Crippen molar-refractivity contribution in [3.63, 3.8) is 0 Å². The average molecular weight is 918 g/mol. The SMILES string of the molecule is C=CC(=O)OCCCCCCCCCCCOC1CCC(C2CCC(C3CCC(OCCCCCCCCCCC[Si](C)(C)O[Si](C)(C)CCCCOC(=O)C=C)CC3)CC2)CC1. The van der Waals surface area contributed by atoms with Crippen molar-refractivity contribution in [3.05, 3.63) is 25.3 Å². The van der Waals surface area contributed by atoms with Gasteiger partial charge in [0.1, 0.15) is 0 Å². The second-order valence-corrected chi connectivity index (χ2v) is 30.3. The topological polar surface area (TPSA) is 80.3 Å². The first kappa shape index (κ1) is 56.1. The van der Waals surface area contributed by atoms with E-state index in [9.17, 15) is 9.59 Å². The molecule has 0 unspecified atom stereocenters. The van der Waals surface area contributed by atoms with Crippen LogP contribution in [0.3, 0.4) is 0 Å². The predicted molar refractivity (Wildman–Crippen MR) is 269 cm³/mol. The van der Waals surface area contributed by atoms with Gasteiger partial charge in [0.25, 0.3) is 0 Å². The van der Waals surface area contributed by atoms with Gasteiger partial charge in [0.15, 0.2) is 16.6 Å². The molecule has 0 aliphatic heterocycles. The molecule has 0 aromatic carbocycles. The smallest absolute Gasteiger partial charge is 0.330 e. The lowest BCUT2D eigenvalue weighted by molar-refractivity contribution is -0.138. The lowest BCUT2D eigenvalue weighted by Crippen LogP contribution is -2.44. The van der Waals surface area contributed by atoms with Crippen molar-refractivity contribution in [2.75, 3.05) is 26.4 Å². The molecular formula is C54H100O7Si2. The van der Waals surface area contributed by atoms with Crippen LogP contribution in [-0.2, 0) is 32.7 Å². The minimum Gasteiger partial charge on any atom is -0.463 e. The molecule has 0 atom stereocenters. The third-order valence-corrected chi connectivity index (χ3v) is 22.6. The van der Waals surface area contributed by atoms with Crippen LogP contribution in [0, 0.1) is 23.7 Å². The Morgan fingerprint density at radius 3 is 0.984 bits per heavy atom. The van der Waals surface area contributed by atoms with Crippen molar-refractivity contribution >= 4 is 28.6 Å². The normalized spacial score (nSPS) is 23.3. The van der Waals surface area contributed by atoms with Gasteiger partial charge in [0.05, 0.1) is 25.4 Å². The van der Waals surface area contributed by atoms with Crippen molar-refractivity contribution in [1.29, 1.82) is 0 Å². The highest BCUT2D eigenvalue weighted by molar-refractivity contribution is 6.84. The zero-order valence-corrected chi connectivity index (χ0v) is 43.8. The van der Waals surface area contributed by atoms with E-state index in [1.807, 2.05) is 0 Å². The van der Waals surface area contributed by atoms with Crippen LogP contribution in [0.15, 0.2) is 25.3 Å². The first-order valence-corrected chi connectivity index (χ1v) is 33.2. The summed E-state index contributed by atoms with van der Waals surface area (Å²) in [6, 6.07) is 2.41. The van der Waals surface area contributed by atoms with E-state index >= 15 is 0 Å². The van der Waals surface area contributed by atoms with Gasteiger partial charge < -0.3 is 23.1 Å². The molecule has 0 aromatic rings. The van der Waals surface area contributed by atoms with Gasteiger partial charge in [0, 0.05) is 25.4 Å². The largest absolute Gasteiger partial charge is 0.463 e. The quantitative estimate of drug-likeness (QED) is 0.0266. The number of ether oxygens (including phenoxy) is 4. The molecule has 3 aliphatic rings. The van der Waals surface area contributed by atoms with Crippen LogP contribution in [-0.4, -0.2) is 67.2 Å². The molecule has 0 radical (unpaired) electrons. The molecule has 0 saturated heterocycles. The summed E-state index contributed by atoms with van der Waals surface area (Å²) in [5.74, 6) is 3.25. The molecule has 9 heteroatoms. The minimum atomic E-state index is -1.68. The van der Waals surface area contributed by atoms with Crippen LogP contribution in [0.25, 0.3) is 0 Å². The third kappa shape index (κ3) is 27.2. The summed E-state index contributed by atoms with van der Waals surface area (Å²) < 4.78 is 29.8. The molecule has 0 spiro atoms. The zero-order valence-electron chi connectivity index (χ0n) is 41.8. The van der Waals surface area contributed by atoms with E-state index in [2.05, 4.69) is 39.3 Å². The molecule has 0 aromatic heterocycles. The predicted octanol–water partition coefficient (Wildman–Crippen LogP) is 15.6. The molecule has 63 heavy (non-hydrogen) atoms. The number of carbonyl (C=O) groups excluding carboxylic acids is 2. The molecule has 0 amide bonds. The fourth-order valence-corrected chi connectivity index (χ4v) is 20.3. The Morgan fingerprint density at radius 1 is 0.397 bits per heavy atom. The van der Waals surface area contributed by atoms with Gasteiger partial charge >= 0.3 is 11.9 Å². The highest BCUT2D eigenvalue weighted by Crippen LogP contribution is 2.45. The first-order chi connectivity index (χ1) is 30.5. The average Bonchev–Trinajstić information content (AvgIpc) is 3.28.